The summed E-state index contributed by atoms with van der Waals surface area (Å²) in [6, 6.07) is 2.09. The zero-order valence-electron chi connectivity index (χ0n) is 13.0. The second-order valence-corrected chi connectivity index (χ2v) is 5.56. The van der Waals surface area contributed by atoms with Crippen molar-refractivity contribution in [3.8, 4) is 0 Å². The Bertz CT molecular complexity index is 627. The zero-order chi connectivity index (χ0) is 15.4. The number of nitrogens with zero attached hydrogens (tertiary/aromatic N) is 4. The number of hydrogen-bond donors (Lipinski definition) is 2. The number of hydrogen-bond acceptors (Lipinski definition) is 3. The van der Waals surface area contributed by atoms with Crippen molar-refractivity contribution in [3.63, 3.8) is 0 Å². The molecule has 0 aromatic carbocycles. The molecule has 2 heterocycles. The van der Waals surface area contributed by atoms with E-state index >= 15 is 0 Å². The summed E-state index contributed by atoms with van der Waals surface area (Å²) in [6.45, 7) is 7.79. The van der Waals surface area contributed by atoms with Crippen LogP contribution < -0.4 is 10.6 Å². The number of rotatable bonds is 5. The Morgan fingerprint density at radius 3 is 2.67 bits per heavy atom. The maximum Gasteiger partial charge on any atom is 0.170 e. The van der Waals surface area contributed by atoms with Crippen molar-refractivity contribution in [2.24, 2.45) is 7.05 Å². The van der Waals surface area contributed by atoms with Crippen LogP contribution in [0.15, 0.2) is 12.3 Å². The molecule has 0 saturated carbocycles. The van der Waals surface area contributed by atoms with Crippen molar-refractivity contribution in [1.82, 2.24) is 24.9 Å². The van der Waals surface area contributed by atoms with Gasteiger partial charge < -0.3 is 10.6 Å². The summed E-state index contributed by atoms with van der Waals surface area (Å²) >= 11 is 5.28. The first-order chi connectivity index (χ1) is 9.97. The van der Waals surface area contributed by atoms with Crippen LogP contribution in [0.4, 0.5) is 5.69 Å². The first-order valence-electron chi connectivity index (χ1n) is 7.02. The predicted molar refractivity (Wildman–Crippen MR) is 88.5 cm³/mol. The van der Waals surface area contributed by atoms with Crippen LogP contribution in [-0.4, -0.2) is 31.2 Å². The SMILES string of the molecule is Cc1cc(C)n(CCCNC(=S)Nc2cnn(C)c2C)n1. The lowest BCUT2D eigenvalue weighted by Gasteiger charge is -2.10. The summed E-state index contributed by atoms with van der Waals surface area (Å²) in [4.78, 5) is 0. The topological polar surface area (TPSA) is 59.7 Å². The third-order valence-corrected chi connectivity index (χ3v) is 3.67. The van der Waals surface area contributed by atoms with E-state index in [0.717, 1.165) is 36.6 Å². The highest BCUT2D eigenvalue weighted by atomic mass is 32.1. The molecule has 2 aromatic heterocycles. The summed E-state index contributed by atoms with van der Waals surface area (Å²) in [5, 5.41) is 15.6. The number of nitrogens with one attached hydrogen (secondary N) is 2. The Balaban J connectivity index is 1.72. The van der Waals surface area contributed by atoms with E-state index in [1.807, 2.05) is 30.3 Å². The maximum atomic E-state index is 5.28. The molecule has 114 valence electrons. The van der Waals surface area contributed by atoms with Gasteiger partial charge in [-0.15, -0.1) is 0 Å². The van der Waals surface area contributed by atoms with E-state index in [0.29, 0.717) is 5.11 Å². The minimum absolute atomic E-state index is 0.625. The van der Waals surface area contributed by atoms with Gasteiger partial charge in [0.2, 0.25) is 0 Å². The molecule has 2 rings (SSSR count). The van der Waals surface area contributed by atoms with E-state index < -0.39 is 0 Å². The summed E-state index contributed by atoms with van der Waals surface area (Å²) in [5.74, 6) is 0. The third kappa shape index (κ3) is 4.04. The molecular formula is C14H22N6S. The molecular weight excluding hydrogens is 284 g/mol. The number of thiocarbonyl (C=S) groups is 1. The first-order valence-corrected chi connectivity index (χ1v) is 7.42. The molecule has 0 saturated heterocycles. The minimum Gasteiger partial charge on any atom is -0.362 e. The van der Waals surface area contributed by atoms with E-state index in [4.69, 9.17) is 12.2 Å². The average molecular weight is 306 g/mol. The highest BCUT2D eigenvalue weighted by molar-refractivity contribution is 7.80. The van der Waals surface area contributed by atoms with E-state index in [1.165, 1.54) is 5.69 Å². The normalized spacial score (nSPS) is 10.7. The van der Waals surface area contributed by atoms with Crippen molar-refractivity contribution < 1.29 is 0 Å². The van der Waals surface area contributed by atoms with Crippen LogP contribution in [0.1, 0.15) is 23.5 Å². The standard InChI is InChI=1S/C14H22N6S/c1-10-8-11(2)20(18-10)7-5-6-15-14(21)17-13-9-16-19(4)12(13)3/h8-9H,5-7H2,1-4H3,(H2,15,17,21). The fraction of sp³-hybridized carbons (Fsp3) is 0.500. The maximum absolute atomic E-state index is 5.28. The molecule has 2 aromatic rings. The molecule has 7 heteroatoms. The average Bonchev–Trinajstić information content (AvgIpc) is 2.91. The molecule has 0 amide bonds. The number of anilines is 1. The lowest BCUT2D eigenvalue weighted by atomic mass is 10.4. The van der Waals surface area contributed by atoms with Crippen LogP contribution in [0.2, 0.25) is 0 Å². The van der Waals surface area contributed by atoms with Crippen molar-refractivity contribution in [3.05, 3.63) is 29.3 Å². The molecule has 6 nitrogen and oxygen atoms in total. The van der Waals surface area contributed by atoms with Crippen molar-refractivity contribution in [2.75, 3.05) is 11.9 Å². The lowest BCUT2D eigenvalue weighted by molar-refractivity contribution is 0.558. The fourth-order valence-electron chi connectivity index (χ4n) is 2.12. The quantitative estimate of drug-likeness (QED) is 0.653. The molecule has 0 radical (unpaired) electrons. The lowest BCUT2D eigenvalue weighted by Crippen LogP contribution is -2.30. The summed E-state index contributed by atoms with van der Waals surface area (Å²) < 4.78 is 3.84. The van der Waals surface area contributed by atoms with Gasteiger partial charge in [-0.2, -0.15) is 10.2 Å². The highest BCUT2D eigenvalue weighted by Crippen LogP contribution is 2.11. The third-order valence-electron chi connectivity index (χ3n) is 3.42. The van der Waals surface area contributed by atoms with E-state index in [9.17, 15) is 0 Å². The minimum atomic E-state index is 0.625. The second-order valence-electron chi connectivity index (χ2n) is 5.15. The van der Waals surface area contributed by atoms with Gasteiger partial charge in [-0.3, -0.25) is 9.36 Å². The molecule has 0 spiro atoms. The van der Waals surface area contributed by atoms with Gasteiger partial charge in [0.15, 0.2) is 5.11 Å². The van der Waals surface area contributed by atoms with Crippen LogP contribution >= 0.6 is 12.2 Å². The van der Waals surface area contributed by atoms with Crippen molar-refractivity contribution >= 4 is 23.0 Å². The fourth-order valence-corrected chi connectivity index (χ4v) is 2.33. The van der Waals surface area contributed by atoms with Crippen LogP contribution in [0, 0.1) is 20.8 Å². The van der Waals surface area contributed by atoms with Crippen molar-refractivity contribution in [1.29, 1.82) is 0 Å². The van der Waals surface area contributed by atoms with Crippen LogP contribution in [-0.2, 0) is 13.6 Å². The highest BCUT2D eigenvalue weighted by Gasteiger charge is 2.05. The monoisotopic (exact) mass is 306 g/mol. The van der Waals surface area contributed by atoms with Gasteiger partial charge in [-0.1, -0.05) is 0 Å². The van der Waals surface area contributed by atoms with Crippen LogP contribution in [0.5, 0.6) is 0 Å². The van der Waals surface area contributed by atoms with E-state index in [1.54, 1.807) is 6.20 Å². The van der Waals surface area contributed by atoms with Gasteiger partial charge in [0.05, 0.1) is 23.3 Å². The molecule has 0 bridgehead atoms. The van der Waals surface area contributed by atoms with Gasteiger partial charge >= 0.3 is 0 Å². The van der Waals surface area contributed by atoms with Gasteiger partial charge in [0.25, 0.3) is 0 Å². The van der Waals surface area contributed by atoms with Crippen LogP contribution in [0.3, 0.4) is 0 Å². The number of aromatic nitrogens is 4. The Hall–Kier alpha value is -1.89. The Labute approximate surface area is 130 Å². The Kier molecular flexibility index (Phi) is 4.95. The molecule has 0 aliphatic heterocycles. The van der Waals surface area contributed by atoms with Gasteiger partial charge in [0, 0.05) is 25.8 Å². The van der Waals surface area contributed by atoms with Gasteiger partial charge in [-0.25, -0.2) is 0 Å². The zero-order valence-corrected chi connectivity index (χ0v) is 13.8. The Morgan fingerprint density at radius 1 is 1.33 bits per heavy atom. The van der Waals surface area contributed by atoms with Gasteiger partial charge in [0.1, 0.15) is 0 Å². The predicted octanol–water partition coefficient (Wildman–Crippen LogP) is 1.92. The molecule has 21 heavy (non-hydrogen) atoms. The largest absolute Gasteiger partial charge is 0.362 e. The van der Waals surface area contributed by atoms with Gasteiger partial charge in [-0.05, 0) is 45.5 Å². The molecule has 2 N–H and O–H groups in total. The van der Waals surface area contributed by atoms with Crippen molar-refractivity contribution in [2.45, 2.75) is 33.7 Å². The first kappa shape index (κ1) is 15.5. The molecule has 0 aliphatic carbocycles. The Morgan fingerprint density at radius 2 is 2.10 bits per heavy atom. The summed E-state index contributed by atoms with van der Waals surface area (Å²) in [6.07, 6.45) is 2.75. The molecule has 0 atom stereocenters. The smallest absolute Gasteiger partial charge is 0.170 e. The van der Waals surface area contributed by atoms with E-state index in [2.05, 4.69) is 33.8 Å². The second kappa shape index (κ2) is 6.71. The molecule has 0 unspecified atom stereocenters. The molecule has 0 fully saturated rings. The number of aryl methyl sites for hydroxylation is 4. The molecule has 0 aliphatic rings. The summed E-state index contributed by atoms with van der Waals surface area (Å²) in [7, 11) is 1.91. The van der Waals surface area contributed by atoms with E-state index in [-0.39, 0.29) is 0 Å². The van der Waals surface area contributed by atoms with Crippen LogP contribution in [0.25, 0.3) is 0 Å². The summed E-state index contributed by atoms with van der Waals surface area (Å²) in [5.41, 5.74) is 4.25.